The molecule has 1 fully saturated rings. The van der Waals surface area contributed by atoms with Crippen LogP contribution >= 0.6 is 0 Å². The molecule has 2 aliphatic rings. The number of amides is 1. The second-order valence-electron chi connectivity index (χ2n) is 6.76. The third kappa shape index (κ3) is 3.00. The molecule has 4 nitrogen and oxygen atoms in total. The first kappa shape index (κ1) is 16.1. The topological polar surface area (TPSA) is 55.6 Å². The minimum atomic E-state index is -0.344. The summed E-state index contributed by atoms with van der Waals surface area (Å²) < 4.78 is 19.0. The van der Waals surface area contributed by atoms with Crippen molar-refractivity contribution in [2.45, 2.75) is 37.5 Å². The molecule has 2 aromatic rings. The molecule has 3 atom stereocenters. The van der Waals surface area contributed by atoms with Gasteiger partial charge in [-0.15, -0.1) is 0 Å². The van der Waals surface area contributed by atoms with E-state index in [4.69, 9.17) is 10.5 Å². The maximum Gasteiger partial charge on any atom is 0.410 e. The minimum absolute atomic E-state index is 0.0645. The zero-order valence-corrected chi connectivity index (χ0v) is 13.9. The molecule has 0 aromatic heterocycles. The van der Waals surface area contributed by atoms with Gasteiger partial charge in [-0.25, -0.2) is 9.18 Å². The fourth-order valence-corrected chi connectivity index (χ4v) is 3.61. The molecule has 1 aliphatic carbocycles. The molecular formula is C20H21FN2O2. The van der Waals surface area contributed by atoms with Gasteiger partial charge >= 0.3 is 6.09 Å². The van der Waals surface area contributed by atoms with E-state index in [0.717, 1.165) is 30.4 Å². The average molecular weight is 340 g/mol. The summed E-state index contributed by atoms with van der Waals surface area (Å²) in [7, 11) is 0. The van der Waals surface area contributed by atoms with E-state index in [1.165, 1.54) is 17.7 Å². The molecule has 1 heterocycles. The van der Waals surface area contributed by atoms with Gasteiger partial charge < -0.3 is 10.5 Å². The summed E-state index contributed by atoms with van der Waals surface area (Å²) in [6.07, 6.45) is 1.95. The standard InChI is InChI=1S/C20H21FN2O2/c21-15-7-5-14(6-8-15)19-16-4-2-1-3-13(16)11-12-23(19)20(24)25-18-10-9-17(18)22/h1-8,17-19H,9-12,22H2/t17-,18+,19+/m1/s1. The third-order valence-corrected chi connectivity index (χ3v) is 5.22. The number of rotatable bonds is 2. The molecule has 4 rings (SSSR count). The molecule has 130 valence electrons. The molecule has 2 N–H and O–H groups in total. The molecule has 1 aliphatic heterocycles. The van der Waals surface area contributed by atoms with Crippen LogP contribution in [0.2, 0.25) is 0 Å². The van der Waals surface area contributed by atoms with Crippen molar-refractivity contribution in [2.75, 3.05) is 6.54 Å². The van der Waals surface area contributed by atoms with Crippen LogP contribution in [0, 0.1) is 5.82 Å². The van der Waals surface area contributed by atoms with Crippen LogP contribution in [0.4, 0.5) is 9.18 Å². The lowest BCUT2D eigenvalue weighted by Gasteiger charge is -2.40. The van der Waals surface area contributed by atoms with Gasteiger partial charge in [0, 0.05) is 12.6 Å². The fourth-order valence-electron chi connectivity index (χ4n) is 3.61. The molecule has 5 heteroatoms. The van der Waals surface area contributed by atoms with Gasteiger partial charge in [0.1, 0.15) is 11.9 Å². The average Bonchev–Trinajstić information content (AvgIpc) is 2.64. The summed E-state index contributed by atoms with van der Waals surface area (Å²) in [6.45, 7) is 0.569. The zero-order valence-electron chi connectivity index (χ0n) is 13.9. The number of nitrogens with zero attached hydrogens (tertiary/aromatic N) is 1. The van der Waals surface area contributed by atoms with Crippen LogP contribution in [-0.4, -0.2) is 29.7 Å². The Morgan fingerprint density at radius 1 is 1.12 bits per heavy atom. The van der Waals surface area contributed by atoms with Crippen molar-refractivity contribution in [2.24, 2.45) is 5.73 Å². The maximum atomic E-state index is 13.4. The number of benzene rings is 2. The Hall–Kier alpha value is -2.40. The summed E-state index contributed by atoms with van der Waals surface area (Å²) in [5.41, 5.74) is 9.05. The highest BCUT2D eigenvalue weighted by Crippen LogP contribution is 2.36. The summed E-state index contributed by atoms with van der Waals surface area (Å²) in [5, 5.41) is 0. The number of nitrogens with two attached hydrogens (primary N) is 1. The van der Waals surface area contributed by atoms with Crippen LogP contribution in [-0.2, 0) is 11.2 Å². The van der Waals surface area contributed by atoms with Crippen molar-refractivity contribution in [3.8, 4) is 0 Å². The normalized spacial score (nSPS) is 25.0. The van der Waals surface area contributed by atoms with Crippen LogP contribution < -0.4 is 5.73 Å². The largest absolute Gasteiger partial charge is 0.444 e. The van der Waals surface area contributed by atoms with E-state index in [9.17, 15) is 9.18 Å². The van der Waals surface area contributed by atoms with Gasteiger partial charge in [-0.3, -0.25) is 4.90 Å². The van der Waals surface area contributed by atoms with Crippen LogP contribution in [0.3, 0.4) is 0 Å². The number of fused-ring (bicyclic) bond motifs is 1. The van der Waals surface area contributed by atoms with Gasteiger partial charge in [-0.2, -0.15) is 0 Å². The molecule has 25 heavy (non-hydrogen) atoms. The predicted octanol–water partition coefficient (Wildman–Crippen LogP) is 3.40. The van der Waals surface area contributed by atoms with E-state index in [2.05, 4.69) is 6.07 Å². The Morgan fingerprint density at radius 3 is 2.56 bits per heavy atom. The molecule has 1 amide bonds. The van der Waals surface area contributed by atoms with E-state index in [0.29, 0.717) is 6.54 Å². The number of halogens is 1. The van der Waals surface area contributed by atoms with Gasteiger partial charge in [0.25, 0.3) is 0 Å². The van der Waals surface area contributed by atoms with E-state index in [-0.39, 0.29) is 30.1 Å². The Kier molecular flexibility index (Phi) is 4.17. The highest BCUT2D eigenvalue weighted by molar-refractivity contribution is 5.70. The van der Waals surface area contributed by atoms with Gasteiger partial charge in [-0.1, -0.05) is 36.4 Å². The lowest BCUT2D eigenvalue weighted by atomic mass is 9.88. The molecule has 2 aromatic carbocycles. The zero-order chi connectivity index (χ0) is 17.4. The van der Waals surface area contributed by atoms with Crippen molar-refractivity contribution in [1.29, 1.82) is 0 Å². The van der Waals surface area contributed by atoms with Crippen molar-refractivity contribution < 1.29 is 13.9 Å². The van der Waals surface area contributed by atoms with E-state index >= 15 is 0 Å². The summed E-state index contributed by atoms with van der Waals surface area (Å²) in [4.78, 5) is 14.5. The molecule has 0 unspecified atom stereocenters. The molecule has 0 bridgehead atoms. The fraction of sp³-hybridized carbons (Fsp3) is 0.350. The number of ether oxygens (including phenoxy) is 1. The molecule has 0 radical (unpaired) electrons. The molecule has 0 spiro atoms. The van der Waals surface area contributed by atoms with Gasteiger partial charge in [-0.05, 0) is 48.1 Å². The van der Waals surface area contributed by atoms with Crippen LogP contribution in [0.1, 0.15) is 35.6 Å². The first-order valence-electron chi connectivity index (χ1n) is 8.69. The number of carbonyl (C=O) groups excluding carboxylic acids is 1. The van der Waals surface area contributed by atoms with E-state index in [1.807, 2.05) is 18.2 Å². The summed E-state index contributed by atoms with van der Waals surface area (Å²) in [5.74, 6) is -0.289. The summed E-state index contributed by atoms with van der Waals surface area (Å²) >= 11 is 0. The van der Waals surface area contributed by atoms with Gasteiger partial charge in [0.05, 0.1) is 6.04 Å². The quantitative estimate of drug-likeness (QED) is 0.912. The molecule has 1 saturated carbocycles. The number of carbonyl (C=O) groups is 1. The van der Waals surface area contributed by atoms with Crippen LogP contribution in [0.15, 0.2) is 48.5 Å². The lowest BCUT2D eigenvalue weighted by molar-refractivity contribution is 0.00721. The highest BCUT2D eigenvalue weighted by Gasteiger charge is 2.37. The van der Waals surface area contributed by atoms with Crippen molar-refractivity contribution >= 4 is 6.09 Å². The Morgan fingerprint density at radius 2 is 1.88 bits per heavy atom. The Labute approximate surface area is 146 Å². The van der Waals surface area contributed by atoms with Crippen LogP contribution in [0.25, 0.3) is 0 Å². The van der Waals surface area contributed by atoms with Crippen LogP contribution in [0.5, 0.6) is 0 Å². The predicted molar refractivity (Wildman–Crippen MR) is 92.6 cm³/mol. The first-order valence-corrected chi connectivity index (χ1v) is 8.69. The van der Waals surface area contributed by atoms with Crippen molar-refractivity contribution in [3.05, 3.63) is 71.0 Å². The lowest BCUT2D eigenvalue weighted by Crippen LogP contribution is -2.50. The Balaban J connectivity index is 1.67. The van der Waals surface area contributed by atoms with Crippen molar-refractivity contribution in [3.63, 3.8) is 0 Å². The molecular weight excluding hydrogens is 319 g/mol. The second kappa shape index (κ2) is 6.48. The monoisotopic (exact) mass is 340 g/mol. The van der Waals surface area contributed by atoms with Gasteiger partial charge in [0.15, 0.2) is 0 Å². The van der Waals surface area contributed by atoms with Crippen molar-refractivity contribution in [1.82, 2.24) is 4.90 Å². The SMILES string of the molecule is N[C@@H]1CC[C@@H]1OC(=O)N1CCc2ccccc2[C@@H]1c1ccc(F)cc1. The first-order chi connectivity index (χ1) is 12.1. The smallest absolute Gasteiger partial charge is 0.410 e. The minimum Gasteiger partial charge on any atom is -0.444 e. The van der Waals surface area contributed by atoms with E-state index < -0.39 is 0 Å². The maximum absolute atomic E-state index is 13.4. The van der Waals surface area contributed by atoms with Gasteiger partial charge in [0.2, 0.25) is 0 Å². The Bertz CT molecular complexity index is 778. The molecule has 0 saturated heterocycles. The second-order valence-corrected chi connectivity index (χ2v) is 6.76. The highest BCUT2D eigenvalue weighted by atomic mass is 19.1. The summed E-state index contributed by atoms with van der Waals surface area (Å²) in [6, 6.07) is 14.1. The van der Waals surface area contributed by atoms with E-state index in [1.54, 1.807) is 17.0 Å². The third-order valence-electron chi connectivity index (χ3n) is 5.22. The number of hydrogen-bond donors (Lipinski definition) is 1. The number of hydrogen-bond acceptors (Lipinski definition) is 3.